The van der Waals surface area contributed by atoms with Crippen molar-refractivity contribution in [3.63, 3.8) is 0 Å². The third-order valence-corrected chi connectivity index (χ3v) is 10.7. The molecule has 8 aromatic carbocycles. The Kier molecular flexibility index (Phi) is 6.89. The Hall–Kier alpha value is -6.38. The van der Waals surface area contributed by atoms with E-state index in [-0.39, 0.29) is 0 Å². The van der Waals surface area contributed by atoms with Gasteiger partial charge in [0.15, 0.2) is 0 Å². The molecule has 0 saturated heterocycles. The molecule has 0 radical (unpaired) electrons. The average Bonchev–Trinajstić information content (AvgIpc) is 3.51. The molecule has 2 heteroatoms. The molecule has 1 aliphatic heterocycles. The lowest BCUT2D eigenvalue weighted by Gasteiger charge is -2.27. The predicted octanol–water partition coefficient (Wildman–Crippen LogP) is 13.7. The van der Waals surface area contributed by atoms with Crippen molar-refractivity contribution in [1.29, 1.82) is 0 Å². The van der Waals surface area contributed by atoms with Gasteiger partial charge in [0, 0.05) is 34.4 Å². The lowest BCUT2D eigenvalue weighted by atomic mass is 9.91. The second kappa shape index (κ2) is 11.9. The van der Waals surface area contributed by atoms with Gasteiger partial charge in [0.1, 0.15) is 0 Å². The summed E-state index contributed by atoms with van der Waals surface area (Å²) in [4.78, 5) is 4.89. The number of para-hydroxylation sites is 1. The summed E-state index contributed by atoms with van der Waals surface area (Å²) in [6, 6.07) is 60.3. The Balaban J connectivity index is 1.10. The first-order valence-electron chi connectivity index (χ1n) is 17.9. The van der Waals surface area contributed by atoms with Crippen LogP contribution < -0.4 is 9.80 Å². The van der Waals surface area contributed by atoms with Crippen LogP contribution in [0, 0.1) is 6.92 Å². The van der Waals surface area contributed by atoms with E-state index in [0.29, 0.717) is 5.92 Å². The fourth-order valence-electron chi connectivity index (χ4n) is 8.31. The molecule has 0 bridgehead atoms. The summed E-state index contributed by atoms with van der Waals surface area (Å²) in [5.41, 5.74) is 12.3. The maximum absolute atomic E-state index is 2.50. The lowest BCUT2D eigenvalue weighted by Crippen LogP contribution is -2.14. The van der Waals surface area contributed by atoms with Gasteiger partial charge in [0.05, 0.1) is 5.69 Å². The van der Waals surface area contributed by atoms with Crippen molar-refractivity contribution in [3.05, 3.63) is 199 Å². The van der Waals surface area contributed by atoms with Gasteiger partial charge in [0.25, 0.3) is 0 Å². The van der Waals surface area contributed by atoms with Crippen molar-refractivity contribution >= 4 is 60.8 Å². The van der Waals surface area contributed by atoms with Gasteiger partial charge in [-0.2, -0.15) is 0 Å². The number of anilines is 5. The van der Waals surface area contributed by atoms with Crippen LogP contribution in [0.15, 0.2) is 188 Å². The molecule has 2 nitrogen and oxygen atoms in total. The van der Waals surface area contributed by atoms with Crippen LogP contribution in [0.3, 0.4) is 0 Å². The Morgan fingerprint density at radius 3 is 2.20 bits per heavy atom. The Bertz CT molecular complexity index is 2700. The number of aryl methyl sites for hydroxylation is 1. The Labute approximate surface area is 298 Å². The fraction of sp³-hybridized carbons (Fsp3) is 0.0612. The Morgan fingerprint density at radius 2 is 1.29 bits per heavy atom. The monoisotopic (exact) mass is 652 g/mol. The van der Waals surface area contributed by atoms with Gasteiger partial charge in [0.2, 0.25) is 0 Å². The van der Waals surface area contributed by atoms with E-state index in [2.05, 4.69) is 199 Å². The standard InChI is InChI=1S/C49H36N2/c1-33-27-39(31-43(28-33)50(40-14-3-2-4-15-40)41-23-21-34-11-5-6-13-36(34)29-41)37-22-25-47-46-17-9-10-18-48(46)51(49(47)32-37)42-24-26-45-38(30-42)20-19-35-12-7-8-16-44(35)45/h2-16,18-32,46H,17H2,1H3. The van der Waals surface area contributed by atoms with E-state index in [1.165, 1.54) is 71.6 Å². The van der Waals surface area contributed by atoms with Gasteiger partial charge in [-0.25, -0.2) is 0 Å². The average molecular weight is 653 g/mol. The second-order valence-corrected chi connectivity index (χ2v) is 13.9. The summed E-state index contributed by atoms with van der Waals surface area (Å²) < 4.78 is 0. The summed E-state index contributed by atoms with van der Waals surface area (Å²) in [6.07, 6.45) is 7.85. The number of hydrogen-bond donors (Lipinski definition) is 0. The van der Waals surface area contributed by atoms with Crippen molar-refractivity contribution in [1.82, 2.24) is 0 Å². The highest BCUT2D eigenvalue weighted by atomic mass is 15.2. The van der Waals surface area contributed by atoms with Crippen LogP contribution >= 0.6 is 0 Å². The van der Waals surface area contributed by atoms with E-state index in [1.54, 1.807) is 0 Å². The first-order chi connectivity index (χ1) is 25.2. The molecule has 2 aliphatic rings. The maximum Gasteiger partial charge on any atom is 0.0503 e. The third-order valence-electron chi connectivity index (χ3n) is 10.7. The molecule has 0 fully saturated rings. The van der Waals surface area contributed by atoms with E-state index in [4.69, 9.17) is 0 Å². The number of nitrogens with zero attached hydrogens (tertiary/aromatic N) is 2. The number of hydrogen-bond acceptors (Lipinski definition) is 2. The van der Waals surface area contributed by atoms with E-state index >= 15 is 0 Å². The zero-order valence-corrected chi connectivity index (χ0v) is 28.5. The lowest BCUT2D eigenvalue weighted by molar-refractivity contribution is 0.820. The number of rotatable bonds is 5. The van der Waals surface area contributed by atoms with Crippen LogP contribution in [-0.2, 0) is 0 Å². The molecule has 51 heavy (non-hydrogen) atoms. The smallest absolute Gasteiger partial charge is 0.0503 e. The predicted molar refractivity (Wildman–Crippen MR) is 217 cm³/mol. The van der Waals surface area contributed by atoms with Gasteiger partial charge in [-0.05, 0) is 129 Å². The van der Waals surface area contributed by atoms with E-state index < -0.39 is 0 Å². The summed E-state index contributed by atoms with van der Waals surface area (Å²) in [7, 11) is 0. The normalized spacial score (nSPS) is 14.9. The molecule has 0 aromatic heterocycles. The van der Waals surface area contributed by atoms with Crippen LogP contribution in [-0.4, -0.2) is 0 Å². The second-order valence-electron chi connectivity index (χ2n) is 13.9. The minimum atomic E-state index is 0.348. The summed E-state index contributed by atoms with van der Waals surface area (Å²) in [5, 5.41) is 7.60. The Morgan fingerprint density at radius 1 is 0.529 bits per heavy atom. The molecular formula is C49H36N2. The molecule has 0 saturated carbocycles. The van der Waals surface area contributed by atoms with Crippen LogP contribution in [0.5, 0.6) is 0 Å². The molecule has 0 amide bonds. The molecule has 242 valence electrons. The van der Waals surface area contributed by atoms with Crippen LogP contribution in [0.4, 0.5) is 28.4 Å². The first kappa shape index (κ1) is 29.5. The highest BCUT2D eigenvalue weighted by Gasteiger charge is 2.35. The first-order valence-corrected chi connectivity index (χ1v) is 17.9. The molecule has 0 spiro atoms. The van der Waals surface area contributed by atoms with Crippen molar-refractivity contribution in [3.8, 4) is 11.1 Å². The van der Waals surface area contributed by atoms with Gasteiger partial charge in [-0.1, -0.05) is 121 Å². The van der Waals surface area contributed by atoms with Crippen molar-refractivity contribution in [2.24, 2.45) is 0 Å². The highest BCUT2D eigenvalue weighted by molar-refractivity contribution is 6.08. The molecule has 1 unspecified atom stereocenters. The van der Waals surface area contributed by atoms with Crippen LogP contribution in [0.1, 0.15) is 23.5 Å². The van der Waals surface area contributed by atoms with Gasteiger partial charge < -0.3 is 9.80 Å². The fourth-order valence-corrected chi connectivity index (χ4v) is 8.31. The third kappa shape index (κ3) is 5.03. The number of benzene rings is 8. The van der Waals surface area contributed by atoms with E-state index in [9.17, 15) is 0 Å². The molecule has 1 aliphatic carbocycles. The summed E-state index contributed by atoms with van der Waals surface area (Å²) in [6.45, 7) is 2.21. The quantitative estimate of drug-likeness (QED) is 0.171. The maximum atomic E-state index is 2.50. The van der Waals surface area contributed by atoms with E-state index in [1.807, 2.05) is 0 Å². The number of fused-ring (bicyclic) bond motifs is 7. The van der Waals surface area contributed by atoms with Crippen molar-refractivity contribution in [2.45, 2.75) is 19.3 Å². The topological polar surface area (TPSA) is 6.48 Å². The zero-order valence-electron chi connectivity index (χ0n) is 28.5. The number of allylic oxidation sites excluding steroid dienone is 4. The largest absolute Gasteiger partial charge is 0.313 e. The van der Waals surface area contributed by atoms with Gasteiger partial charge in [-0.3, -0.25) is 0 Å². The molecular weight excluding hydrogens is 617 g/mol. The van der Waals surface area contributed by atoms with Crippen LogP contribution in [0.2, 0.25) is 0 Å². The summed E-state index contributed by atoms with van der Waals surface area (Å²) >= 11 is 0. The van der Waals surface area contributed by atoms with Crippen molar-refractivity contribution in [2.75, 3.05) is 9.80 Å². The molecule has 10 rings (SSSR count). The minimum Gasteiger partial charge on any atom is -0.313 e. The highest BCUT2D eigenvalue weighted by Crippen LogP contribution is 2.52. The SMILES string of the molecule is Cc1cc(-c2ccc3c(c2)N(c2ccc4c(ccc5ccccc54)c2)C2=CC=CCC23)cc(N(c2ccccc2)c2ccc3ccccc3c2)c1. The van der Waals surface area contributed by atoms with Crippen LogP contribution in [0.25, 0.3) is 43.4 Å². The summed E-state index contributed by atoms with van der Waals surface area (Å²) in [5.74, 6) is 0.348. The minimum absolute atomic E-state index is 0.348. The molecule has 8 aromatic rings. The molecule has 0 N–H and O–H groups in total. The zero-order chi connectivity index (χ0) is 33.9. The molecule has 1 heterocycles. The van der Waals surface area contributed by atoms with E-state index in [0.717, 1.165) is 23.5 Å². The van der Waals surface area contributed by atoms with Gasteiger partial charge in [-0.15, -0.1) is 0 Å². The molecule has 1 atom stereocenters. The van der Waals surface area contributed by atoms with Crippen molar-refractivity contribution < 1.29 is 0 Å². The van der Waals surface area contributed by atoms with Gasteiger partial charge >= 0.3 is 0 Å².